The fraction of sp³-hybridized carbons (Fsp3) is 0.0833. The van der Waals surface area contributed by atoms with Crippen molar-refractivity contribution >= 4 is 56.4 Å². The summed E-state index contributed by atoms with van der Waals surface area (Å²) in [6.45, 7) is 17.0. The SMILES string of the molecule is [C-]#[N+]/C(C#N)=C\c1ccc(-c2cc3sc(-c4ccc(/C=C(\C#N)[N+]#[C-])s4)cc3n2CC)s1. The van der Waals surface area contributed by atoms with Crippen LogP contribution in [0.25, 0.3) is 52.4 Å². The van der Waals surface area contributed by atoms with Gasteiger partial charge in [0.25, 0.3) is 11.4 Å². The van der Waals surface area contributed by atoms with E-state index in [0.717, 1.165) is 42.1 Å². The molecule has 0 radical (unpaired) electrons. The number of fused-ring (bicyclic) bond motifs is 1. The van der Waals surface area contributed by atoms with E-state index in [4.69, 9.17) is 23.7 Å². The Morgan fingerprint density at radius 2 is 1.50 bits per heavy atom. The normalized spacial score (nSPS) is 11.7. The first-order valence-corrected chi connectivity index (χ1v) is 11.9. The van der Waals surface area contributed by atoms with E-state index < -0.39 is 0 Å². The molecule has 5 nitrogen and oxygen atoms in total. The van der Waals surface area contributed by atoms with Gasteiger partial charge in [-0.2, -0.15) is 0 Å². The summed E-state index contributed by atoms with van der Waals surface area (Å²) in [5.41, 5.74) is 2.45. The first-order valence-electron chi connectivity index (χ1n) is 9.42. The molecule has 4 rings (SSSR count). The van der Waals surface area contributed by atoms with Crippen LogP contribution in [0.4, 0.5) is 0 Å². The van der Waals surface area contributed by atoms with Crippen molar-refractivity contribution in [1.82, 2.24) is 4.57 Å². The molecule has 0 aromatic carbocycles. The number of thiophene rings is 3. The molecular weight excluding hydrogens is 455 g/mol. The zero-order chi connectivity index (χ0) is 22.7. The minimum Gasteiger partial charge on any atom is -0.339 e. The van der Waals surface area contributed by atoms with Crippen LogP contribution in [-0.2, 0) is 6.54 Å². The summed E-state index contributed by atoms with van der Waals surface area (Å²) in [7, 11) is 0. The maximum absolute atomic E-state index is 8.99. The van der Waals surface area contributed by atoms with Crippen molar-refractivity contribution in [3.05, 3.63) is 80.4 Å². The van der Waals surface area contributed by atoms with E-state index in [1.165, 1.54) is 4.70 Å². The van der Waals surface area contributed by atoms with Crippen LogP contribution < -0.4 is 0 Å². The molecule has 0 aliphatic carbocycles. The molecule has 0 aliphatic rings. The van der Waals surface area contributed by atoms with E-state index in [1.807, 2.05) is 36.4 Å². The first-order chi connectivity index (χ1) is 15.6. The summed E-state index contributed by atoms with van der Waals surface area (Å²) in [5.74, 6) is 0. The third-order valence-electron chi connectivity index (χ3n) is 4.68. The molecule has 0 saturated heterocycles. The van der Waals surface area contributed by atoms with Gasteiger partial charge in [-0.15, -0.1) is 34.0 Å². The minimum absolute atomic E-state index is 0.0818. The van der Waals surface area contributed by atoms with Crippen molar-refractivity contribution in [2.45, 2.75) is 13.5 Å². The van der Waals surface area contributed by atoms with Gasteiger partial charge in [0.1, 0.15) is 0 Å². The maximum atomic E-state index is 8.99. The van der Waals surface area contributed by atoms with E-state index in [0.29, 0.717) is 0 Å². The molecule has 8 heteroatoms. The fourth-order valence-electron chi connectivity index (χ4n) is 3.29. The maximum Gasteiger partial charge on any atom is 0.263 e. The van der Waals surface area contributed by atoms with Crippen LogP contribution in [0, 0.1) is 35.8 Å². The second-order valence-corrected chi connectivity index (χ2v) is 9.86. The lowest BCUT2D eigenvalue weighted by molar-refractivity contribution is 0.807. The predicted octanol–water partition coefficient (Wildman–Crippen LogP) is 7.75. The van der Waals surface area contributed by atoms with Crippen molar-refractivity contribution in [3.63, 3.8) is 0 Å². The van der Waals surface area contributed by atoms with E-state index in [9.17, 15) is 0 Å². The summed E-state index contributed by atoms with van der Waals surface area (Å²) in [4.78, 5) is 11.6. The van der Waals surface area contributed by atoms with Gasteiger partial charge < -0.3 is 4.57 Å². The number of aromatic nitrogens is 1. The topological polar surface area (TPSA) is 61.2 Å². The summed E-state index contributed by atoms with van der Waals surface area (Å²) < 4.78 is 3.46. The number of hydrogen-bond donors (Lipinski definition) is 0. The second-order valence-electron chi connectivity index (χ2n) is 6.54. The number of allylic oxidation sites excluding steroid dienone is 2. The van der Waals surface area contributed by atoms with Crippen molar-refractivity contribution in [2.24, 2.45) is 0 Å². The Morgan fingerprint density at radius 1 is 0.906 bits per heavy atom. The standard InChI is InChI=1S/C24H13N5S3/c1-4-29-19(21-7-5-17(30-21)9-15(13-25)27-2)11-23-20(29)12-24(32-23)22-8-6-18(31-22)10-16(14-26)28-3/h5-12H,4H2,1H3/b15-9-,16-10+. The third-order valence-corrected chi connectivity index (χ3v) is 8.04. The lowest BCUT2D eigenvalue weighted by Gasteiger charge is -2.05. The fourth-order valence-corrected chi connectivity index (χ4v) is 6.38. The second kappa shape index (κ2) is 9.06. The van der Waals surface area contributed by atoms with Crippen LogP contribution in [0.15, 0.2) is 47.8 Å². The van der Waals surface area contributed by atoms with Gasteiger partial charge in [0, 0.05) is 26.1 Å². The molecule has 0 N–H and O–H groups in total. The molecule has 4 aromatic heterocycles. The largest absolute Gasteiger partial charge is 0.339 e. The Labute approximate surface area is 197 Å². The van der Waals surface area contributed by atoms with E-state index in [-0.39, 0.29) is 11.4 Å². The molecule has 0 fully saturated rings. The van der Waals surface area contributed by atoms with E-state index >= 15 is 0 Å². The summed E-state index contributed by atoms with van der Waals surface area (Å²) in [6.07, 6.45) is 3.24. The molecule has 4 aromatic rings. The molecule has 0 amide bonds. The molecule has 0 atom stereocenters. The summed E-state index contributed by atoms with van der Waals surface area (Å²) in [6, 6.07) is 16.1. The zero-order valence-electron chi connectivity index (χ0n) is 16.8. The van der Waals surface area contributed by atoms with Crippen LogP contribution in [0.1, 0.15) is 16.7 Å². The van der Waals surface area contributed by atoms with Crippen LogP contribution in [0.3, 0.4) is 0 Å². The molecule has 0 unspecified atom stereocenters. The van der Waals surface area contributed by atoms with Crippen LogP contribution in [0.2, 0.25) is 0 Å². The Kier molecular flexibility index (Phi) is 6.04. The Bertz CT molecular complexity index is 1530. The number of rotatable bonds is 5. The highest BCUT2D eigenvalue weighted by Crippen LogP contribution is 2.42. The monoisotopic (exact) mass is 467 g/mol. The van der Waals surface area contributed by atoms with Gasteiger partial charge in [0.15, 0.2) is 0 Å². The summed E-state index contributed by atoms with van der Waals surface area (Å²) in [5, 5.41) is 18.0. The average molecular weight is 468 g/mol. The van der Waals surface area contributed by atoms with E-state index in [1.54, 1.807) is 46.2 Å². The van der Waals surface area contributed by atoms with Crippen molar-refractivity contribution in [3.8, 4) is 32.5 Å². The smallest absolute Gasteiger partial charge is 0.263 e. The molecular formula is C24H13N5S3. The van der Waals surface area contributed by atoms with Crippen molar-refractivity contribution in [2.75, 3.05) is 0 Å². The molecule has 4 heterocycles. The number of aryl methyl sites for hydroxylation is 1. The molecule has 152 valence electrons. The molecule has 32 heavy (non-hydrogen) atoms. The molecule has 0 bridgehead atoms. The van der Waals surface area contributed by atoms with Gasteiger partial charge in [-0.25, -0.2) is 20.2 Å². The lowest BCUT2D eigenvalue weighted by atomic mass is 10.3. The average Bonchev–Trinajstić information content (AvgIpc) is 3.58. The summed E-state index contributed by atoms with van der Waals surface area (Å²) >= 11 is 4.85. The van der Waals surface area contributed by atoms with Gasteiger partial charge in [0.05, 0.1) is 46.1 Å². The van der Waals surface area contributed by atoms with Gasteiger partial charge in [-0.3, -0.25) is 0 Å². The quantitative estimate of drug-likeness (QED) is 0.222. The highest BCUT2D eigenvalue weighted by Gasteiger charge is 2.16. The first kappa shape index (κ1) is 21.3. The lowest BCUT2D eigenvalue weighted by Crippen LogP contribution is -1.94. The van der Waals surface area contributed by atoms with Crippen LogP contribution in [0.5, 0.6) is 0 Å². The molecule has 0 saturated carbocycles. The Morgan fingerprint density at radius 3 is 2.06 bits per heavy atom. The Hall–Kier alpha value is -3.92. The predicted molar refractivity (Wildman–Crippen MR) is 132 cm³/mol. The number of nitrogens with zero attached hydrogens (tertiary/aromatic N) is 5. The number of hydrogen-bond acceptors (Lipinski definition) is 5. The number of nitriles is 2. The van der Waals surface area contributed by atoms with Crippen molar-refractivity contribution < 1.29 is 0 Å². The molecule has 0 spiro atoms. The van der Waals surface area contributed by atoms with Gasteiger partial charge in [-0.05, 0) is 55.5 Å². The third kappa shape index (κ3) is 4.00. The van der Waals surface area contributed by atoms with E-state index in [2.05, 4.69) is 33.3 Å². The van der Waals surface area contributed by atoms with Gasteiger partial charge in [-0.1, -0.05) is 0 Å². The van der Waals surface area contributed by atoms with Crippen LogP contribution >= 0.6 is 34.0 Å². The van der Waals surface area contributed by atoms with Crippen molar-refractivity contribution in [1.29, 1.82) is 10.5 Å². The highest BCUT2D eigenvalue weighted by molar-refractivity contribution is 7.26. The highest BCUT2D eigenvalue weighted by atomic mass is 32.1. The van der Waals surface area contributed by atoms with Gasteiger partial charge in [0.2, 0.25) is 0 Å². The minimum atomic E-state index is 0.0818. The Balaban J connectivity index is 1.70. The molecule has 0 aliphatic heterocycles. The van der Waals surface area contributed by atoms with Gasteiger partial charge >= 0.3 is 0 Å². The zero-order valence-corrected chi connectivity index (χ0v) is 19.2. The van der Waals surface area contributed by atoms with Crippen LogP contribution in [-0.4, -0.2) is 4.57 Å².